The van der Waals surface area contributed by atoms with Gasteiger partial charge in [-0.25, -0.2) is 14.2 Å². The molecule has 1 aliphatic carbocycles. The van der Waals surface area contributed by atoms with Gasteiger partial charge in [0.2, 0.25) is 5.91 Å². The number of rotatable bonds is 2. The Balaban J connectivity index is 1.68. The number of aliphatic hydroxyl groups is 1. The summed E-state index contributed by atoms with van der Waals surface area (Å²) >= 11 is 5.81. The van der Waals surface area contributed by atoms with E-state index in [1.54, 1.807) is 19.9 Å². The van der Waals surface area contributed by atoms with Gasteiger partial charge >= 0.3 is 5.97 Å². The quantitative estimate of drug-likeness (QED) is 0.324. The zero-order valence-corrected chi connectivity index (χ0v) is 20.4. The Morgan fingerprint density at radius 3 is 2.86 bits per heavy atom. The van der Waals surface area contributed by atoms with Crippen LogP contribution in [0.2, 0.25) is 0 Å². The number of aromatic nitrogens is 2. The molecule has 9 heteroatoms. The van der Waals surface area contributed by atoms with Gasteiger partial charge in [-0.1, -0.05) is 19.1 Å². The van der Waals surface area contributed by atoms with Crippen LogP contribution < -0.4 is 5.32 Å². The highest BCUT2D eigenvalue weighted by molar-refractivity contribution is 7.71. The van der Waals surface area contributed by atoms with E-state index in [1.165, 1.54) is 13.0 Å². The summed E-state index contributed by atoms with van der Waals surface area (Å²) in [7, 11) is 0. The van der Waals surface area contributed by atoms with Gasteiger partial charge < -0.3 is 19.7 Å². The first-order chi connectivity index (χ1) is 16.7. The zero-order valence-electron chi connectivity index (χ0n) is 19.6. The minimum absolute atomic E-state index is 0.00271. The van der Waals surface area contributed by atoms with Crippen LogP contribution in [-0.2, 0) is 39.5 Å². The maximum absolute atomic E-state index is 14.9. The van der Waals surface area contributed by atoms with E-state index < -0.39 is 11.6 Å². The molecule has 0 bridgehead atoms. The van der Waals surface area contributed by atoms with Crippen molar-refractivity contribution in [2.75, 3.05) is 0 Å². The molecular weight excluding hydrogens is 469 g/mol. The van der Waals surface area contributed by atoms with E-state index in [0.717, 1.165) is 22.1 Å². The number of pyridine rings is 2. The lowest BCUT2D eigenvalue weighted by molar-refractivity contribution is -0.172. The first-order valence-electron chi connectivity index (χ1n) is 11.7. The predicted octanol–water partition coefficient (Wildman–Crippen LogP) is 4.02. The van der Waals surface area contributed by atoms with Gasteiger partial charge in [0.25, 0.3) is 0 Å². The first-order valence-corrected chi connectivity index (χ1v) is 12.1. The Morgan fingerprint density at radius 1 is 1.37 bits per heavy atom. The number of hydrogen-bond acceptors (Lipinski definition) is 6. The molecule has 0 spiro atoms. The second-order valence-electron chi connectivity index (χ2n) is 9.60. The molecule has 0 unspecified atom stereocenters. The summed E-state index contributed by atoms with van der Waals surface area (Å²) in [6.45, 7) is 5.41. The van der Waals surface area contributed by atoms with Gasteiger partial charge in [-0.2, -0.15) is 0 Å². The number of nitrogens with zero attached hydrogens (tertiary/aromatic N) is 2. The van der Waals surface area contributed by atoms with E-state index in [0.29, 0.717) is 57.6 Å². The number of benzene rings is 1. The highest BCUT2D eigenvalue weighted by Gasteiger charge is 2.45. The topological polar surface area (TPSA) is 93.4 Å². The van der Waals surface area contributed by atoms with E-state index in [-0.39, 0.29) is 30.8 Å². The highest BCUT2D eigenvalue weighted by Crippen LogP contribution is 2.47. The lowest BCUT2D eigenvalue weighted by atomic mass is 9.81. The van der Waals surface area contributed by atoms with Gasteiger partial charge in [0.1, 0.15) is 17.1 Å². The molecule has 2 atom stereocenters. The molecule has 0 fully saturated rings. The van der Waals surface area contributed by atoms with E-state index >= 15 is 0 Å². The minimum atomic E-state index is -1.79. The molecule has 1 amide bonds. The summed E-state index contributed by atoms with van der Waals surface area (Å²) in [5, 5.41) is 15.1. The minimum Gasteiger partial charge on any atom is -0.458 e. The van der Waals surface area contributed by atoms with Crippen LogP contribution in [0, 0.1) is 17.4 Å². The molecule has 35 heavy (non-hydrogen) atoms. The van der Waals surface area contributed by atoms with Crippen molar-refractivity contribution in [3.63, 3.8) is 0 Å². The second kappa shape index (κ2) is 7.41. The van der Waals surface area contributed by atoms with Crippen LogP contribution in [0.15, 0.2) is 12.1 Å². The summed E-state index contributed by atoms with van der Waals surface area (Å²) in [5.41, 5.74) is 4.46. The molecular formula is C26H24FN3O4S. The fourth-order valence-electron chi connectivity index (χ4n) is 5.94. The third kappa shape index (κ3) is 2.91. The number of amides is 1. The van der Waals surface area contributed by atoms with E-state index in [2.05, 4.69) is 5.32 Å². The van der Waals surface area contributed by atoms with Crippen LogP contribution in [0.1, 0.15) is 66.1 Å². The molecule has 1 aromatic carbocycles. The van der Waals surface area contributed by atoms with Crippen LogP contribution >= 0.6 is 12.2 Å². The molecule has 180 valence electrons. The molecule has 7 nitrogen and oxygen atoms in total. The number of nitrogens with one attached hydrogen (secondary N) is 1. The summed E-state index contributed by atoms with van der Waals surface area (Å²) in [6, 6.07) is 2.98. The molecule has 3 aliphatic rings. The fraction of sp³-hybridized carbons (Fsp3) is 0.385. The molecule has 2 aliphatic heterocycles. The summed E-state index contributed by atoms with van der Waals surface area (Å²) in [5.74, 6) is -1.14. The fourth-order valence-corrected chi connectivity index (χ4v) is 6.28. The number of esters is 1. The number of ether oxygens (including phenoxy) is 1. The largest absolute Gasteiger partial charge is 0.458 e. The molecule has 6 rings (SSSR count). The zero-order chi connectivity index (χ0) is 24.8. The standard InChI is InChI=1S/C26H24FN3O4S/c1-4-26(33)16-7-20-23-14(9-30(20)24(35)15(16)10-34-25(26)32)22-18(28-12(3)31)6-5-13-11(2)17(27)8-19(29-23)21(13)22/h7-8,18,33H,4-6,9-10H2,1-3H3,(H,28,31)/t18-,26+/m1/s1. The van der Waals surface area contributed by atoms with Crippen LogP contribution in [0.4, 0.5) is 4.39 Å². The maximum atomic E-state index is 14.9. The smallest absolute Gasteiger partial charge is 0.343 e. The van der Waals surface area contributed by atoms with Crippen molar-refractivity contribution in [3.8, 4) is 11.4 Å². The third-order valence-electron chi connectivity index (χ3n) is 7.76. The molecule has 3 aromatic rings. The average Bonchev–Trinajstić information content (AvgIpc) is 3.19. The van der Waals surface area contributed by atoms with E-state index in [1.807, 2.05) is 4.57 Å². The van der Waals surface area contributed by atoms with Crippen LogP contribution in [0.5, 0.6) is 0 Å². The van der Waals surface area contributed by atoms with Crippen molar-refractivity contribution in [2.45, 2.75) is 64.8 Å². The van der Waals surface area contributed by atoms with E-state index in [9.17, 15) is 19.1 Å². The summed E-state index contributed by atoms with van der Waals surface area (Å²) in [6.07, 6.45) is 1.43. The van der Waals surface area contributed by atoms with Gasteiger partial charge in [0, 0.05) is 35.1 Å². The Hall–Kier alpha value is -3.17. The van der Waals surface area contributed by atoms with Crippen molar-refractivity contribution in [1.29, 1.82) is 0 Å². The molecule has 2 aromatic heterocycles. The maximum Gasteiger partial charge on any atom is 0.343 e. The van der Waals surface area contributed by atoms with Crippen molar-refractivity contribution in [1.82, 2.24) is 14.9 Å². The van der Waals surface area contributed by atoms with Gasteiger partial charge in [0.05, 0.1) is 29.5 Å². The number of aryl methyl sites for hydroxylation is 1. The predicted molar refractivity (Wildman–Crippen MR) is 129 cm³/mol. The van der Waals surface area contributed by atoms with E-state index in [4.69, 9.17) is 21.9 Å². The number of halogens is 1. The number of hydrogen-bond donors (Lipinski definition) is 2. The number of carbonyl (C=O) groups excluding carboxylic acids is 2. The summed E-state index contributed by atoms with van der Waals surface area (Å²) < 4.78 is 22.5. The highest BCUT2D eigenvalue weighted by atomic mass is 32.1. The molecule has 0 saturated heterocycles. The lowest BCUT2D eigenvalue weighted by Crippen LogP contribution is -2.41. The average molecular weight is 494 g/mol. The van der Waals surface area contributed by atoms with Crippen molar-refractivity contribution in [3.05, 3.63) is 56.0 Å². The van der Waals surface area contributed by atoms with Gasteiger partial charge in [0.15, 0.2) is 5.60 Å². The van der Waals surface area contributed by atoms with Crippen LogP contribution in [-0.4, -0.2) is 26.5 Å². The van der Waals surface area contributed by atoms with Gasteiger partial charge in [-0.3, -0.25) is 4.79 Å². The number of cyclic esters (lactones) is 1. The number of carbonyl (C=O) groups is 2. The SMILES string of the molecule is CC[C@@]1(O)C(=O)OCc2c1cc1n(c2=S)Cc2c-1nc1cc(F)c(C)c3c1c2[C@H](NC(C)=O)CC3. The Morgan fingerprint density at radius 2 is 2.14 bits per heavy atom. The first kappa shape index (κ1) is 22.3. The van der Waals surface area contributed by atoms with Crippen molar-refractivity contribution >= 4 is 35.0 Å². The lowest BCUT2D eigenvalue weighted by Gasteiger charge is -2.32. The van der Waals surface area contributed by atoms with Crippen LogP contribution in [0.3, 0.4) is 0 Å². The Kier molecular flexibility index (Phi) is 4.72. The number of fused-ring (bicyclic) bond motifs is 5. The normalized spacial score (nSPS) is 21.9. The second-order valence-corrected chi connectivity index (χ2v) is 9.99. The van der Waals surface area contributed by atoms with Crippen molar-refractivity contribution < 1.29 is 23.8 Å². The monoisotopic (exact) mass is 493 g/mol. The summed E-state index contributed by atoms with van der Waals surface area (Å²) in [4.78, 5) is 29.4. The molecule has 2 N–H and O–H groups in total. The Labute approximate surface area is 205 Å². The third-order valence-corrected chi connectivity index (χ3v) is 8.22. The molecule has 4 heterocycles. The van der Waals surface area contributed by atoms with Crippen molar-refractivity contribution in [2.24, 2.45) is 0 Å². The van der Waals surface area contributed by atoms with Crippen LogP contribution in [0.25, 0.3) is 22.3 Å². The van der Waals surface area contributed by atoms with Gasteiger partial charge in [-0.05, 0) is 48.9 Å². The van der Waals surface area contributed by atoms with Gasteiger partial charge in [-0.15, -0.1) is 0 Å². The Bertz CT molecular complexity index is 1560. The molecule has 0 saturated carbocycles. The molecule has 0 radical (unpaired) electrons.